The van der Waals surface area contributed by atoms with Crippen molar-refractivity contribution < 1.29 is 41.8 Å². The number of methoxy groups -OCH3 is 2. The van der Waals surface area contributed by atoms with Gasteiger partial charge in [0.25, 0.3) is 11.8 Å². The lowest BCUT2D eigenvalue weighted by molar-refractivity contribution is -0.141. The van der Waals surface area contributed by atoms with Crippen LogP contribution in [0.3, 0.4) is 0 Å². The molecule has 2 aliphatic heterocycles. The van der Waals surface area contributed by atoms with Crippen molar-refractivity contribution in [1.29, 1.82) is 0 Å². The second-order valence-electron chi connectivity index (χ2n) is 11.5. The summed E-state index contributed by atoms with van der Waals surface area (Å²) < 4.78 is 53.3. The molecule has 4 heterocycles. The molecular formula is C35H39F3N4O6. The van der Waals surface area contributed by atoms with Gasteiger partial charge >= 0.3 is 18.1 Å². The molecule has 0 fully saturated rings. The number of nitrogens with one attached hydrogen (secondary N) is 3. The van der Waals surface area contributed by atoms with E-state index in [9.17, 15) is 32.3 Å². The summed E-state index contributed by atoms with van der Waals surface area (Å²) >= 11 is 0. The van der Waals surface area contributed by atoms with Gasteiger partial charge in [0.05, 0.1) is 31.2 Å². The van der Waals surface area contributed by atoms with E-state index in [1.165, 1.54) is 20.3 Å². The Morgan fingerprint density at radius 1 is 0.792 bits per heavy atom. The molecule has 48 heavy (non-hydrogen) atoms. The topological polar surface area (TPSA) is 143 Å². The van der Waals surface area contributed by atoms with Gasteiger partial charge in [-0.1, -0.05) is 13.8 Å². The summed E-state index contributed by atoms with van der Waals surface area (Å²) in [6, 6.07) is 0. The largest absolute Gasteiger partial charge is 0.469 e. The average molecular weight is 669 g/mol. The van der Waals surface area contributed by atoms with Crippen LogP contribution in [0.2, 0.25) is 0 Å². The molecule has 0 unspecified atom stereocenters. The van der Waals surface area contributed by atoms with Crippen molar-refractivity contribution in [1.82, 2.24) is 15.3 Å². The number of allylic oxidation sites excluding steroid dienone is 2. The first-order valence-corrected chi connectivity index (χ1v) is 15.6. The summed E-state index contributed by atoms with van der Waals surface area (Å²) in [5.41, 5.74) is 3.34. The van der Waals surface area contributed by atoms with E-state index in [0.717, 1.165) is 0 Å². The molecule has 2 amide bonds. The molecular weight excluding hydrogens is 629 g/mol. The number of carbonyl (C=O) groups excluding carboxylic acids is 4. The maximum Gasteiger partial charge on any atom is 0.418 e. The fraction of sp³-hybridized carbons (Fsp3) is 0.400. The predicted octanol–water partition coefficient (Wildman–Crippen LogP) is 4.40. The van der Waals surface area contributed by atoms with Crippen LogP contribution in [-0.4, -0.2) is 53.7 Å². The molecule has 13 heteroatoms. The molecule has 2 aromatic heterocycles. The Morgan fingerprint density at radius 3 is 2.02 bits per heavy atom. The highest BCUT2D eigenvalue weighted by Gasteiger charge is 2.38. The molecule has 0 atom stereocenters. The molecule has 0 saturated heterocycles. The van der Waals surface area contributed by atoms with Crippen molar-refractivity contribution in [3.8, 4) is 0 Å². The average Bonchev–Trinajstić information content (AvgIpc) is 3.71. The van der Waals surface area contributed by atoms with Crippen LogP contribution in [0.5, 0.6) is 0 Å². The van der Waals surface area contributed by atoms with Gasteiger partial charge in [0.2, 0.25) is 0 Å². The predicted molar refractivity (Wildman–Crippen MR) is 174 cm³/mol. The van der Waals surface area contributed by atoms with E-state index < -0.39 is 29.6 Å². The van der Waals surface area contributed by atoms with Gasteiger partial charge in [0.1, 0.15) is 0 Å². The Balaban J connectivity index is 1.92. The summed E-state index contributed by atoms with van der Waals surface area (Å²) in [5.74, 6) is -1.69. The summed E-state index contributed by atoms with van der Waals surface area (Å²) in [7, 11) is 2.55. The monoisotopic (exact) mass is 668 g/mol. The Kier molecular flexibility index (Phi) is 10.8. The second kappa shape index (κ2) is 14.4. The number of hydrogen-bond acceptors (Lipinski definition) is 6. The van der Waals surface area contributed by atoms with Crippen molar-refractivity contribution in [3.63, 3.8) is 0 Å². The standard InChI is InChI=1S/C35H39F3N4O6/c1-8-20-18(4)33(45)41-25(20)16-29-32(35(36,37)38)21(9-2)26(40-29)14-24-17(3)22(10-12-30(43)47-6)27(39-24)15-28-23(11-13-31(44)48-7)19(5)34(46)42-28/h14-16,39-40H,8-13H2,1-7H3,(H,41,45)/b24-14-,25-16+,27-15-. The van der Waals surface area contributed by atoms with Gasteiger partial charge in [-0.3, -0.25) is 19.2 Å². The Hall–Kier alpha value is -4.94. The van der Waals surface area contributed by atoms with Crippen LogP contribution in [0.1, 0.15) is 87.0 Å². The minimum Gasteiger partial charge on any atom is -0.469 e. The van der Waals surface area contributed by atoms with Crippen molar-refractivity contribution in [2.45, 2.75) is 79.3 Å². The molecule has 256 valence electrons. The number of aromatic nitrogens is 2. The number of esters is 2. The molecule has 4 rings (SSSR count). The van der Waals surface area contributed by atoms with Gasteiger partial charge in [0, 0.05) is 46.1 Å². The van der Waals surface area contributed by atoms with Gasteiger partial charge in [0.15, 0.2) is 0 Å². The third kappa shape index (κ3) is 7.29. The van der Waals surface area contributed by atoms with Crippen molar-refractivity contribution >= 4 is 47.7 Å². The first-order chi connectivity index (χ1) is 22.6. The first-order valence-electron chi connectivity index (χ1n) is 15.6. The van der Waals surface area contributed by atoms with E-state index in [2.05, 4.69) is 20.3 Å². The molecule has 0 spiro atoms. The fourth-order valence-electron chi connectivity index (χ4n) is 6.08. The first kappa shape index (κ1) is 35.9. The number of aromatic amines is 2. The number of nitrogens with zero attached hydrogens (tertiary/aromatic N) is 1. The van der Waals surface area contributed by atoms with E-state index in [-0.39, 0.29) is 55.0 Å². The molecule has 0 bridgehead atoms. The second-order valence-corrected chi connectivity index (χ2v) is 11.5. The molecule has 0 aliphatic carbocycles. The third-order valence-corrected chi connectivity index (χ3v) is 8.75. The number of H-pyrrole nitrogens is 2. The molecule has 0 radical (unpaired) electrons. The van der Waals surface area contributed by atoms with Crippen LogP contribution < -0.4 is 16.0 Å². The van der Waals surface area contributed by atoms with Crippen LogP contribution in [-0.2, 0) is 47.7 Å². The Labute approximate surface area is 275 Å². The number of carbonyl (C=O) groups is 4. The minimum absolute atomic E-state index is 0.0298. The van der Waals surface area contributed by atoms with Gasteiger partial charge in [-0.15, -0.1) is 0 Å². The van der Waals surface area contributed by atoms with E-state index in [1.807, 2.05) is 6.92 Å². The molecule has 10 nitrogen and oxygen atoms in total. The Morgan fingerprint density at radius 2 is 1.44 bits per heavy atom. The normalized spacial score (nSPS) is 16.9. The maximum absolute atomic E-state index is 14.6. The van der Waals surface area contributed by atoms with E-state index in [4.69, 9.17) is 9.47 Å². The number of rotatable bonds is 11. The van der Waals surface area contributed by atoms with Crippen molar-refractivity contribution in [2.75, 3.05) is 14.2 Å². The van der Waals surface area contributed by atoms with Gasteiger partial charge in [-0.05, 0) is 92.5 Å². The van der Waals surface area contributed by atoms with Gasteiger partial charge in [-0.2, -0.15) is 13.2 Å². The van der Waals surface area contributed by atoms with E-state index >= 15 is 0 Å². The number of alkyl halides is 3. The highest BCUT2D eigenvalue weighted by atomic mass is 19.4. The van der Waals surface area contributed by atoms with Crippen LogP contribution in [0, 0.1) is 6.92 Å². The Bertz CT molecular complexity index is 1940. The number of ether oxygens (including phenoxy) is 2. The zero-order valence-electron chi connectivity index (χ0n) is 28.0. The highest BCUT2D eigenvalue weighted by Crippen LogP contribution is 2.39. The van der Waals surface area contributed by atoms with E-state index in [1.54, 1.807) is 39.8 Å². The quantitative estimate of drug-likeness (QED) is 0.303. The summed E-state index contributed by atoms with van der Waals surface area (Å²) in [6.45, 7) is 8.50. The summed E-state index contributed by atoms with van der Waals surface area (Å²) in [5, 5.41) is 3.66. The van der Waals surface area contributed by atoms with Crippen molar-refractivity contribution in [3.05, 3.63) is 72.3 Å². The van der Waals surface area contributed by atoms with Crippen LogP contribution in [0.25, 0.3) is 18.2 Å². The minimum atomic E-state index is -4.69. The molecule has 0 saturated carbocycles. The fourth-order valence-corrected chi connectivity index (χ4v) is 6.08. The van der Waals surface area contributed by atoms with Crippen LogP contribution in [0.4, 0.5) is 13.2 Å². The number of amides is 2. The zero-order chi connectivity index (χ0) is 35.5. The lowest BCUT2D eigenvalue weighted by atomic mass is 10.00. The molecule has 2 aliphatic rings. The molecule has 3 N–H and O–H groups in total. The highest BCUT2D eigenvalue weighted by molar-refractivity contribution is 6.31. The number of hydrogen-bond donors (Lipinski definition) is 3. The lowest BCUT2D eigenvalue weighted by Crippen LogP contribution is -2.16. The number of aliphatic imine (C=N–C) groups is 1. The lowest BCUT2D eigenvalue weighted by Gasteiger charge is -2.10. The smallest absolute Gasteiger partial charge is 0.418 e. The number of halogens is 3. The maximum atomic E-state index is 14.6. The van der Waals surface area contributed by atoms with Gasteiger partial charge < -0.3 is 24.8 Å². The molecule has 2 aromatic rings. The molecule has 0 aromatic carbocycles. The SMILES string of the molecule is CCC1=C(C)C(=O)N/C1=C/c1[nH]c(/C=c2\[nH]/c(=C\C3=NC(=O)C(C)=C3CCC(=O)OC)c(CCC(=O)OC)c2C)c(CC)c1C(F)(F)F. The zero-order valence-corrected chi connectivity index (χ0v) is 28.0. The van der Waals surface area contributed by atoms with E-state index in [0.29, 0.717) is 61.9 Å². The van der Waals surface area contributed by atoms with Crippen LogP contribution in [0.15, 0.2) is 33.0 Å². The van der Waals surface area contributed by atoms with Gasteiger partial charge in [-0.25, -0.2) is 4.99 Å². The third-order valence-electron chi connectivity index (χ3n) is 8.75. The van der Waals surface area contributed by atoms with Crippen molar-refractivity contribution in [2.24, 2.45) is 4.99 Å². The summed E-state index contributed by atoms with van der Waals surface area (Å²) in [4.78, 5) is 59.2. The van der Waals surface area contributed by atoms with Crippen LogP contribution >= 0.6 is 0 Å². The summed E-state index contributed by atoms with van der Waals surface area (Å²) in [6.07, 6.45) is 0.898.